The van der Waals surface area contributed by atoms with Crippen molar-refractivity contribution in [2.24, 2.45) is 11.5 Å². The van der Waals surface area contributed by atoms with Gasteiger partial charge in [0.25, 0.3) is 0 Å². The van der Waals surface area contributed by atoms with Crippen LogP contribution in [0, 0.1) is 0 Å². The first-order valence-electron chi connectivity index (χ1n) is 12.1. The molecule has 0 atom stereocenters. The summed E-state index contributed by atoms with van der Waals surface area (Å²) in [5.41, 5.74) is 19.5. The molecule has 0 aliphatic rings. The largest absolute Gasteiger partial charge is 0.416 e. The molecule has 7 N–H and O–H groups in total. The summed E-state index contributed by atoms with van der Waals surface area (Å²) in [4.78, 5) is 0. The molecule has 198 valence electrons. The Morgan fingerprint density at radius 3 is 1.86 bits per heavy atom. The maximum atomic E-state index is 12.2. The van der Waals surface area contributed by atoms with Crippen molar-refractivity contribution >= 4 is 11.4 Å². The van der Waals surface area contributed by atoms with Crippen molar-refractivity contribution in [1.82, 2.24) is 5.32 Å². The molecule has 0 aliphatic carbocycles. The smallest absolute Gasteiger partial charge is 0.398 e. The van der Waals surface area contributed by atoms with Gasteiger partial charge >= 0.3 is 6.18 Å². The minimum atomic E-state index is -4.30. The molecule has 0 fully saturated rings. The van der Waals surface area contributed by atoms with E-state index in [9.17, 15) is 13.2 Å². The second kappa shape index (κ2) is 19.0. The van der Waals surface area contributed by atoms with E-state index < -0.39 is 11.7 Å². The molecular formula is C29H41F3N4. The Hall–Kier alpha value is -3.29. The SMILES string of the molecule is CC.CCCN/C(=C\Cc1ccccc1N)c1ccccc1.CN.NCc1ccccc1C(F)(F)F. The molecule has 0 spiro atoms. The number of allylic oxidation sites excluding steroid dienone is 1. The minimum absolute atomic E-state index is 0.0876. The maximum absolute atomic E-state index is 12.2. The Morgan fingerprint density at radius 2 is 1.36 bits per heavy atom. The normalized spacial score (nSPS) is 10.5. The van der Waals surface area contributed by atoms with Crippen LogP contribution in [0.3, 0.4) is 0 Å². The molecule has 0 amide bonds. The fourth-order valence-corrected chi connectivity index (χ4v) is 3.08. The number of nitrogens with two attached hydrogens (primary N) is 3. The van der Waals surface area contributed by atoms with Gasteiger partial charge in [0, 0.05) is 24.5 Å². The number of nitrogens with one attached hydrogen (secondary N) is 1. The molecule has 3 aromatic rings. The second-order valence-corrected chi connectivity index (χ2v) is 7.17. The number of hydrogen-bond acceptors (Lipinski definition) is 4. The number of benzene rings is 3. The van der Waals surface area contributed by atoms with Crippen molar-refractivity contribution in [2.45, 2.75) is 46.3 Å². The lowest BCUT2D eigenvalue weighted by Crippen LogP contribution is -2.13. The molecule has 3 aromatic carbocycles. The predicted molar refractivity (Wildman–Crippen MR) is 148 cm³/mol. The van der Waals surface area contributed by atoms with Crippen LogP contribution >= 0.6 is 0 Å². The minimum Gasteiger partial charge on any atom is -0.398 e. The number of para-hydroxylation sites is 1. The number of hydrogen-bond donors (Lipinski definition) is 4. The Morgan fingerprint density at radius 1 is 0.833 bits per heavy atom. The lowest BCUT2D eigenvalue weighted by molar-refractivity contribution is -0.138. The highest BCUT2D eigenvalue weighted by Gasteiger charge is 2.32. The van der Waals surface area contributed by atoms with Gasteiger partial charge in [-0.2, -0.15) is 13.2 Å². The van der Waals surface area contributed by atoms with Gasteiger partial charge in [-0.25, -0.2) is 0 Å². The second-order valence-electron chi connectivity index (χ2n) is 7.17. The van der Waals surface area contributed by atoms with E-state index in [1.54, 1.807) is 0 Å². The summed E-state index contributed by atoms with van der Waals surface area (Å²) in [6, 6.07) is 23.7. The fourth-order valence-electron chi connectivity index (χ4n) is 3.08. The van der Waals surface area contributed by atoms with Gasteiger partial charge in [-0.1, -0.05) is 93.6 Å². The number of nitrogen functional groups attached to an aromatic ring is 1. The van der Waals surface area contributed by atoms with Crippen molar-refractivity contribution in [3.63, 3.8) is 0 Å². The van der Waals surface area contributed by atoms with E-state index in [0.717, 1.165) is 31.1 Å². The molecule has 3 rings (SSSR count). The zero-order chi connectivity index (χ0) is 27.4. The molecule has 0 aromatic heterocycles. The summed E-state index contributed by atoms with van der Waals surface area (Å²) < 4.78 is 36.5. The van der Waals surface area contributed by atoms with E-state index in [1.807, 2.05) is 38.1 Å². The molecule has 0 heterocycles. The van der Waals surface area contributed by atoms with Gasteiger partial charge in [-0.15, -0.1) is 0 Å². The van der Waals surface area contributed by atoms with E-state index in [0.29, 0.717) is 0 Å². The van der Waals surface area contributed by atoms with Crippen molar-refractivity contribution < 1.29 is 13.2 Å². The summed E-state index contributed by atoms with van der Waals surface area (Å²) in [6.45, 7) is 7.06. The molecule has 0 aliphatic heterocycles. The quantitative estimate of drug-likeness (QED) is 0.273. The molecule has 0 unspecified atom stereocenters. The zero-order valence-corrected chi connectivity index (χ0v) is 21.8. The van der Waals surface area contributed by atoms with Gasteiger partial charge < -0.3 is 22.5 Å². The Kier molecular flexibility index (Phi) is 17.2. The average molecular weight is 503 g/mol. The molecule has 0 saturated carbocycles. The lowest BCUT2D eigenvalue weighted by Gasteiger charge is -2.11. The third-order valence-corrected chi connectivity index (χ3v) is 4.77. The highest BCUT2D eigenvalue weighted by molar-refractivity contribution is 5.64. The van der Waals surface area contributed by atoms with Crippen LogP contribution in [-0.4, -0.2) is 13.6 Å². The highest BCUT2D eigenvalue weighted by Crippen LogP contribution is 2.31. The van der Waals surface area contributed by atoms with Gasteiger partial charge in [-0.05, 0) is 48.7 Å². The summed E-state index contributed by atoms with van der Waals surface area (Å²) in [6.07, 6.45) is -0.127. The third kappa shape index (κ3) is 11.9. The van der Waals surface area contributed by atoms with E-state index in [4.69, 9.17) is 11.5 Å². The highest BCUT2D eigenvalue weighted by atomic mass is 19.4. The van der Waals surface area contributed by atoms with Gasteiger partial charge in [0.05, 0.1) is 5.56 Å². The number of halogens is 3. The Balaban J connectivity index is 0.000000655. The number of rotatable bonds is 7. The van der Waals surface area contributed by atoms with E-state index in [2.05, 4.69) is 54.4 Å². The van der Waals surface area contributed by atoms with Crippen LogP contribution in [0.1, 0.15) is 49.4 Å². The van der Waals surface area contributed by atoms with Gasteiger partial charge in [0.2, 0.25) is 0 Å². The molecule has 7 heteroatoms. The monoisotopic (exact) mass is 502 g/mol. The van der Waals surface area contributed by atoms with Crippen LogP contribution in [0.15, 0.2) is 84.9 Å². The Bertz CT molecular complexity index is 987. The summed E-state index contributed by atoms with van der Waals surface area (Å²) in [5.74, 6) is 0. The van der Waals surface area contributed by atoms with Crippen molar-refractivity contribution in [1.29, 1.82) is 0 Å². The third-order valence-electron chi connectivity index (χ3n) is 4.77. The summed E-state index contributed by atoms with van der Waals surface area (Å²) in [7, 11) is 1.50. The number of anilines is 1. The van der Waals surface area contributed by atoms with Crippen LogP contribution < -0.4 is 22.5 Å². The van der Waals surface area contributed by atoms with E-state index >= 15 is 0 Å². The number of alkyl halides is 3. The van der Waals surface area contributed by atoms with Crippen LogP contribution in [-0.2, 0) is 19.1 Å². The molecule has 36 heavy (non-hydrogen) atoms. The van der Waals surface area contributed by atoms with Crippen LogP contribution in [0.25, 0.3) is 5.70 Å². The van der Waals surface area contributed by atoms with E-state index in [-0.39, 0.29) is 12.1 Å². The first-order valence-corrected chi connectivity index (χ1v) is 12.1. The molecule has 0 radical (unpaired) electrons. The molecule has 0 saturated heterocycles. The first kappa shape index (κ1) is 32.7. The topological polar surface area (TPSA) is 90.1 Å². The summed E-state index contributed by atoms with van der Waals surface area (Å²) >= 11 is 0. The first-order chi connectivity index (χ1) is 17.4. The molecule has 4 nitrogen and oxygen atoms in total. The van der Waals surface area contributed by atoms with Crippen molar-refractivity contribution in [3.8, 4) is 0 Å². The summed E-state index contributed by atoms with van der Waals surface area (Å²) in [5, 5.41) is 3.50. The van der Waals surface area contributed by atoms with Crippen LogP contribution in [0.4, 0.5) is 18.9 Å². The standard InChI is InChI=1S/C18H22N2.C8H8F3N.C2H6.CH5N/c1-2-14-20-18(16-9-4-3-5-10-16)13-12-15-8-6-7-11-17(15)19;9-8(10,11)7-4-2-1-3-6(7)5-12;2*1-2/h3-11,13,20H,2,12,14,19H2,1H3;1-4H,5,12H2;1-2H3;2H2,1H3/b18-13-;;;. The zero-order valence-electron chi connectivity index (χ0n) is 21.8. The van der Waals surface area contributed by atoms with Gasteiger partial charge in [0.1, 0.15) is 0 Å². The Labute approximate surface area is 214 Å². The van der Waals surface area contributed by atoms with Gasteiger partial charge in [0.15, 0.2) is 0 Å². The predicted octanol–water partition coefficient (Wildman–Crippen LogP) is 6.62. The lowest BCUT2D eigenvalue weighted by atomic mass is 10.1. The molecule has 0 bridgehead atoms. The maximum Gasteiger partial charge on any atom is 0.416 e. The average Bonchev–Trinajstić information content (AvgIpc) is 2.92. The molecular weight excluding hydrogens is 461 g/mol. The van der Waals surface area contributed by atoms with Gasteiger partial charge in [-0.3, -0.25) is 0 Å². The fraction of sp³-hybridized carbons (Fsp3) is 0.310. The van der Waals surface area contributed by atoms with Crippen LogP contribution in [0.2, 0.25) is 0 Å². The van der Waals surface area contributed by atoms with Crippen LogP contribution in [0.5, 0.6) is 0 Å². The van der Waals surface area contributed by atoms with Crippen molar-refractivity contribution in [3.05, 3.63) is 107 Å². The van der Waals surface area contributed by atoms with E-state index in [1.165, 1.54) is 42.1 Å². The van der Waals surface area contributed by atoms with Crippen molar-refractivity contribution in [2.75, 3.05) is 19.3 Å².